The highest BCUT2D eigenvalue weighted by atomic mass is 19.4. The summed E-state index contributed by atoms with van der Waals surface area (Å²) in [6, 6.07) is 13.4. The van der Waals surface area contributed by atoms with E-state index in [0.29, 0.717) is 48.5 Å². The molecule has 3 aromatic rings. The van der Waals surface area contributed by atoms with Gasteiger partial charge in [0, 0.05) is 24.3 Å². The van der Waals surface area contributed by atoms with E-state index in [2.05, 4.69) is 10.4 Å². The van der Waals surface area contributed by atoms with Crippen molar-refractivity contribution in [1.82, 2.24) is 9.78 Å². The van der Waals surface area contributed by atoms with Gasteiger partial charge in [-0.1, -0.05) is 6.07 Å². The van der Waals surface area contributed by atoms with Gasteiger partial charge in [-0.15, -0.1) is 0 Å². The van der Waals surface area contributed by atoms with E-state index in [1.165, 1.54) is 11.6 Å². The second-order valence-corrected chi connectivity index (χ2v) is 7.65. The zero-order chi connectivity index (χ0) is 25.4. The number of hydrogen-bond donors (Lipinski definition) is 1. The van der Waals surface area contributed by atoms with Gasteiger partial charge in [0.25, 0.3) is 0 Å². The van der Waals surface area contributed by atoms with Gasteiger partial charge in [0.2, 0.25) is 5.91 Å². The van der Waals surface area contributed by atoms with E-state index in [4.69, 9.17) is 14.2 Å². The number of anilines is 1. The van der Waals surface area contributed by atoms with E-state index in [9.17, 15) is 18.0 Å². The molecule has 188 valence electrons. The van der Waals surface area contributed by atoms with E-state index < -0.39 is 11.9 Å². The molecule has 0 aliphatic carbocycles. The third-order valence-electron chi connectivity index (χ3n) is 4.97. The van der Waals surface area contributed by atoms with Gasteiger partial charge in [-0.25, -0.2) is 0 Å². The molecule has 7 nitrogen and oxygen atoms in total. The predicted molar refractivity (Wildman–Crippen MR) is 125 cm³/mol. The maximum absolute atomic E-state index is 12.8. The number of halogens is 3. The van der Waals surface area contributed by atoms with Crippen LogP contribution in [-0.4, -0.2) is 28.9 Å². The summed E-state index contributed by atoms with van der Waals surface area (Å²) in [5.74, 6) is 1.62. The van der Waals surface area contributed by atoms with Crippen molar-refractivity contribution in [2.45, 2.75) is 46.5 Å². The third-order valence-corrected chi connectivity index (χ3v) is 4.97. The Labute approximate surface area is 201 Å². The normalized spacial score (nSPS) is 11.3. The average molecular weight is 492 g/mol. The average Bonchev–Trinajstić information content (AvgIpc) is 3.20. The molecule has 2 aromatic carbocycles. The van der Waals surface area contributed by atoms with Crippen LogP contribution < -0.4 is 19.5 Å². The van der Waals surface area contributed by atoms with Gasteiger partial charge in [-0.3, -0.25) is 9.48 Å². The van der Waals surface area contributed by atoms with Gasteiger partial charge in [0.05, 0.1) is 13.2 Å². The number of benzene rings is 2. The van der Waals surface area contributed by atoms with Gasteiger partial charge in [0.15, 0.2) is 17.2 Å². The number of aryl methyl sites for hydroxylation is 2. The van der Waals surface area contributed by atoms with Crippen LogP contribution in [0, 0.1) is 6.92 Å². The molecule has 0 fully saturated rings. The quantitative estimate of drug-likeness (QED) is 0.377. The van der Waals surface area contributed by atoms with Gasteiger partial charge < -0.3 is 19.5 Å². The van der Waals surface area contributed by atoms with Crippen molar-refractivity contribution in [3.8, 4) is 17.2 Å². The number of amides is 1. The van der Waals surface area contributed by atoms with Crippen molar-refractivity contribution in [3.63, 3.8) is 0 Å². The zero-order valence-electron chi connectivity index (χ0n) is 19.8. The molecule has 0 atom stereocenters. The Bertz CT molecular complexity index is 1130. The number of ether oxygens (including phenoxy) is 3. The zero-order valence-corrected chi connectivity index (χ0v) is 19.8. The van der Waals surface area contributed by atoms with E-state index >= 15 is 0 Å². The van der Waals surface area contributed by atoms with Crippen LogP contribution in [0.4, 0.5) is 18.9 Å². The summed E-state index contributed by atoms with van der Waals surface area (Å²) in [6.45, 7) is 6.76. The maximum Gasteiger partial charge on any atom is 0.435 e. The molecule has 1 amide bonds. The largest absolute Gasteiger partial charge is 0.490 e. The Hall–Kier alpha value is -3.69. The van der Waals surface area contributed by atoms with Crippen LogP contribution >= 0.6 is 0 Å². The highest BCUT2D eigenvalue weighted by Gasteiger charge is 2.34. The maximum atomic E-state index is 12.8. The molecule has 35 heavy (non-hydrogen) atoms. The third kappa shape index (κ3) is 7.40. The minimum Gasteiger partial charge on any atom is -0.490 e. The number of nitrogens with one attached hydrogen (secondary N) is 1. The summed E-state index contributed by atoms with van der Waals surface area (Å²) >= 11 is 0. The molecule has 0 unspecified atom stereocenters. The number of rotatable bonds is 11. The summed E-state index contributed by atoms with van der Waals surface area (Å²) in [7, 11) is 0. The second kappa shape index (κ2) is 11.6. The van der Waals surface area contributed by atoms with Gasteiger partial charge in [0.1, 0.15) is 12.4 Å². The number of aromatic nitrogens is 2. The first-order valence-corrected chi connectivity index (χ1v) is 11.2. The molecule has 3 rings (SSSR count). The molecular weight excluding hydrogens is 463 g/mol. The van der Waals surface area contributed by atoms with Crippen molar-refractivity contribution in [3.05, 3.63) is 65.5 Å². The van der Waals surface area contributed by atoms with Crippen LogP contribution in [0.3, 0.4) is 0 Å². The van der Waals surface area contributed by atoms with Crippen molar-refractivity contribution in [2.75, 3.05) is 18.5 Å². The first-order chi connectivity index (χ1) is 16.7. The first-order valence-electron chi connectivity index (χ1n) is 11.2. The minimum atomic E-state index is -4.51. The van der Waals surface area contributed by atoms with Gasteiger partial charge in [-0.05, 0) is 68.8 Å². The summed E-state index contributed by atoms with van der Waals surface area (Å²) in [4.78, 5) is 12.2. The number of nitrogens with zero attached hydrogens (tertiary/aromatic N) is 2. The predicted octanol–water partition coefficient (Wildman–Crippen LogP) is 5.62. The van der Waals surface area contributed by atoms with Crippen LogP contribution in [0.2, 0.25) is 0 Å². The standard InChI is InChI=1S/C25H28F3N3O4/c1-4-33-21-11-6-18(15-22(21)34-5-2)16-35-20-9-7-19(8-10-20)29-24(32)12-13-31-17(3)14-23(30-31)25(26,27)28/h6-11,14-15H,4-5,12-13,16H2,1-3H3,(H,29,32). The highest BCUT2D eigenvalue weighted by molar-refractivity contribution is 5.90. The fraction of sp³-hybridized carbons (Fsp3) is 0.360. The molecule has 10 heteroatoms. The van der Waals surface area contributed by atoms with Crippen LogP contribution in [-0.2, 0) is 24.1 Å². The van der Waals surface area contributed by atoms with Crippen molar-refractivity contribution >= 4 is 11.6 Å². The molecule has 0 radical (unpaired) electrons. The lowest BCUT2D eigenvalue weighted by molar-refractivity contribution is -0.141. The molecule has 0 bridgehead atoms. The monoisotopic (exact) mass is 491 g/mol. The fourth-order valence-corrected chi connectivity index (χ4v) is 3.29. The van der Waals surface area contributed by atoms with Gasteiger partial charge in [-0.2, -0.15) is 18.3 Å². The van der Waals surface area contributed by atoms with Crippen LogP contribution in [0.25, 0.3) is 0 Å². The molecule has 0 spiro atoms. The smallest absolute Gasteiger partial charge is 0.435 e. The molecule has 0 aliphatic rings. The number of hydrogen-bond acceptors (Lipinski definition) is 5. The molecule has 0 aliphatic heterocycles. The van der Waals surface area contributed by atoms with Crippen molar-refractivity contribution < 1.29 is 32.2 Å². The summed E-state index contributed by atoms with van der Waals surface area (Å²) in [5.41, 5.74) is 0.838. The van der Waals surface area contributed by atoms with E-state index in [-0.39, 0.29) is 18.9 Å². The van der Waals surface area contributed by atoms with Crippen molar-refractivity contribution in [2.24, 2.45) is 0 Å². The Morgan fingerprint density at radius 1 is 0.971 bits per heavy atom. The molecule has 0 saturated heterocycles. The Balaban J connectivity index is 1.51. The lowest BCUT2D eigenvalue weighted by atomic mass is 10.2. The molecule has 1 heterocycles. The first kappa shape index (κ1) is 25.9. The second-order valence-electron chi connectivity index (χ2n) is 7.65. The molecule has 0 saturated carbocycles. The van der Waals surface area contributed by atoms with E-state index in [0.717, 1.165) is 11.6 Å². The Morgan fingerprint density at radius 3 is 2.29 bits per heavy atom. The fourth-order valence-electron chi connectivity index (χ4n) is 3.29. The van der Waals surface area contributed by atoms with E-state index in [1.807, 2.05) is 32.0 Å². The van der Waals surface area contributed by atoms with Crippen LogP contribution in [0.5, 0.6) is 17.2 Å². The summed E-state index contributed by atoms with van der Waals surface area (Å²) in [5, 5.41) is 6.25. The lowest BCUT2D eigenvalue weighted by Crippen LogP contribution is -2.16. The Kier molecular flexibility index (Phi) is 8.62. The molecule has 1 aromatic heterocycles. The minimum absolute atomic E-state index is 0.0159. The molecular formula is C25H28F3N3O4. The van der Waals surface area contributed by atoms with E-state index in [1.54, 1.807) is 24.3 Å². The highest BCUT2D eigenvalue weighted by Crippen LogP contribution is 2.30. The summed E-state index contributed by atoms with van der Waals surface area (Å²) < 4.78 is 56.5. The number of carbonyl (C=O) groups is 1. The van der Waals surface area contributed by atoms with Crippen molar-refractivity contribution in [1.29, 1.82) is 0 Å². The number of carbonyl (C=O) groups excluding carboxylic acids is 1. The van der Waals surface area contributed by atoms with Crippen LogP contribution in [0.1, 0.15) is 37.2 Å². The Morgan fingerprint density at radius 2 is 1.66 bits per heavy atom. The molecule has 1 N–H and O–H groups in total. The summed E-state index contributed by atoms with van der Waals surface area (Å²) in [6.07, 6.45) is -4.53. The van der Waals surface area contributed by atoms with Gasteiger partial charge >= 0.3 is 6.18 Å². The topological polar surface area (TPSA) is 74.6 Å². The lowest BCUT2D eigenvalue weighted by Gasteiger charge is -2.13. The van der Waals surface area contributed by atoms with Crippen LogP contribution in [0.15, 0.2) is 48.5 Å². The SMILES string of the molecule is CCOc1ccc(COc2ccc(NC(=O)CCn3nc(C(F)(F)F)cc3C)cc2)cc1OCC. The number of alkyl halides is 3.